The zero-order valence-electron chi connectivity index (χ0n) is 24.0. The van der Waals surface area contributed by atoms with E-state index in [-0.39, 0.29) is 0 Å². The molecule has 3 heterocycles. The van der Waals surface area contributed by atoms with Crippen LogP contribution >= 0.6 is 0 Å². The molecular formula is C38H23F3N4. The average molecular weight is 593 g/mol. The number of hydrogen-bond acceptors (Lipinski definition) is 2. The standard InChI is InChI=1S/C38H23F3N4/c1-23-14-16-33-29(18-23)27-10-4-6-12-31(27)44(33)35-21-43-22-36(37(35)26-9-3-2-8-24(26)20-42)45-32-13-7-5-11-28(32)30-19-25(38(39,40)41)15-17-34(30)45/h2-19,21-22H,1H3. The highest BCUT2D eigenvalue weighted by Crippen LogP contribution is 2.43. The van der Waals surface area contributed by atoms with Gasteiger partial charge in [0.05, 0.1) is 63.0 Å². The fourth-order valence-corrected chi connectivity index (χ4v) is 6.61. The van der Waals surface area contributed by atoms with Gasteiger partial charge in [0.1, 0.15) is 0 Å². The number of nitriles is 1. The molecule has 0 saturated heterocycles. The van der Waals surface area contributed by atoms with Crippen LogP contribution in [0.1, 0.15) is 16.7 Å². The Morgan fingerprint density at radius 2 is 1.16 bits per heavy atom. The molecule has 45 heavy (non-hydrogen) atoms. The van der Waals surface area contributed by atoms with E-state index in [1.807, 2.05) is 59.2 Å². The van der Waals surface area contributed by atoms with Crippen molar-refractivity contribution in [2.75, 3.05) is 0 Å². The first-order valence-corrected chi connectivity index (χ1v) is 14.4. The third-order valence-corrected chi connectivity index (χ3v) is 8.53. The Morgan fingerprint density at radius 1 is 0.622 bits per heavy atom. The van der Waals surface area contributed by atoms with Crippen LogP contribution < -0.4 is 0 Å². The monoisotopic (exact) mass is 592 g/mol. The highest BCUT2D eigenvalue weighted by molar-refractivity contribution is 6.12. The average Bonchev–Trinajstić information content (AvgIpc) is 3.56. The quantitative estimate of drug-likeness (QED) is 0.205. The van der Waals surface area contributed by atoms with Crippen LogP contribution in [0.3, 0.4) is 0 Å². The van der Waals surface area contributed by atoms with Crippen molar-refractivity contribution in [1.82, 2.24) is 14.1 Å². The van der Waals surface area contributed by atoms with Crippen LogP contribution in [0.25, 0.3) is 66.1 Å². The van der Waals surface area contributed by atoms with Gasteiger partial charge in [-0.05, 0) is 55.5 Å². The summed E-state index contributed by atoms with van der Waals surface area (Å²) in [4.78, 5) is 4.74. The number of aryl methyl sites for hydroxylation is 1. The Kier molecular flexibility index (Phi) is 5.84. The Labute approximate surface area is 255 Å². The normalized spacial score (nSPS) is 12.0. The van der Waals surface area contributed by atoms with Crippen molar-refractivity contribution < 1.29 is 13.2 Å². The van der Waals surface area contributed by atoms with Crippen molar-refractivity contribution in [3.63, 3.8) is 0 Å². The molecule has 0 aliphatic rings. The number of benzene rings is 5. The van der Waals surface area contributed by atoms with E-state index >= 15 is 0 Å². The van der Waals surface area contributed by atoms with E-state index in [9.17, 15) is 18.4 Å². The van der Waals surface area contributed by atoms with Crippen molar-refractivity contribution in [2.24, 2.45) is 0 Å². The molecule has 4 nitrogen and oxygen atoms in total. The number of nitrogens with zero attached hydrogens (tertiary/aromatic N) is 4. The van der Waals surface area contributed by atoms with E-state index in [0.29, 0.717) is 33.1 Å². The van der Waals surface area contributed by atoms with Crippen LogP contribution in [0.15, 0.2) is 122 Å². The van der Waals surface area contributed by atoms with Crippen LogP contribution in [-0.2, 0) is 6.18 Å². The lowest BCUT2D eigenvalue weighted by atomic mass is 9.97. The third kappa shape index (κ3) is 4.03. The molecule has 0 radical (unpaired) electrons. The number of hydrogen-bond donors (Lipinski definition) is 0. The van der Waals surface area contributed by atoms with Crippen molar-refractivity contribution in [2.45, 2.75) is 13.1 Å². The predicted molar refractivity (Wildman–Crippen MR) is 173 cm³/mol. The fraction of sp³-hybridized carbons (Fsp3) is 0.0526. The molecule has 0 unspecified atom stereocenters. The maximum Gasteiger partial charge on any atom is 0.416 e. The first-order chi connectivity index (χ1) is 21.8. The van der Waals surface area contributed by atoms with Gasteiger partial charge in [0, 0.05) is 32.7 Å². The van der Waals surface area contributed by atoms with Gasteiger partial charge in [-0.25, -0.2) is 0 Å². The molecule has 0 fully saturated rings. The van der Waals surface area contributed by atoms with E-state index in [4.69, 9.17) is 4.98 Å². The Bertz CT molecular complexity index is 2510. The summed E-state index contributed by atoms with van der Waals surface area (Å²) in [6, 6.07) is 35.6. The van der Waals surface area contributed by atoms with E-state index in [1.165, 1.54) is 12.1 Å². The molecule has 216 valence electrons. The van der Waals surface area contributed by atoms with Crippen molar-refractivity contribution >= 4 is 43.6 Å². The molecule has 3 aromatic heterocycles. The second-order valence-corrected chi connectivity index (χ2v) is 11.2. The summed E-state index contributed by atoms with van der Waals surface area (Å²) in [5.41, 5.74) is 7.05. The largest absolute Gasteiger partial charge is 0.416 e. The van der Waals surface area contributed by atoms with Crippen LogP contribution in [-0.4, -0.2) is 14.1 Å². The second-order valence-electron chi connectivity index (χ2n) is 11.2. The molecule has 0 bridgehead atoms. The number of fused-ring (bicyclic) bond motifs is 6. The van der Waals surface area contributed by atoms with Crippen molar-refractivity contribution in [1.29, 1.82) is 5.26 Å². The van der Waals surface area contributed by atoms with E-state index in [2.05, 4.69) is 47.9 Å². The maximum atomic E-state index is 13.9. The molecular weight excluding hydrogens is 569 g/mol. The van der Waals surface area contributed by atoms with Crippen LogP contribution in [0, 0.1) is 18.3 Å². The summed E-state index contributed by atoms with van der Waals surface area (Å²) in [5.74, 6) is 0. The van der Waals surface area contributed by atoms with Gasteiger partial charge < -0.3 is 9.13 Å². The number of rotatable bonds is 3. The molecule has 8 aromatic rings. The Balaban J connectivity index is 1.56. The second kappa shape index (κ2) is 9.83. The topological polar surface area (TPSA) is 46.5 Å². The third-order valence-electron chi connectivity index (χ3n) is 8.53. The summed E-state index contributed by atoms with van der Waals surface area (Å²) in [6.07, 6.45) is -0.951. The van der Waals surface area contributed by atoms with Gasteiger partial charge in [-0.1, -0.05) is 66.2 Å². The number of pyridine rings is 1. The molecule has 8 rings (SSSR count). The molecule has 0 amide bonds. The van der Waals surface area contributed by atoms with Crippen molar-refractivity contribution in [3.05, 3.63) is 138 Å². The lowest BCUT2D eigenvalue weighted by Gasteiger charge is -2.20. The van der Waals surface area contributed by atoms with Crippen LogP contribution in [0.2, 0.25) is 0 Å². The maximum absolute atomic E-state index is 13.9. The highest BCUT2D eigenvalue weighted by atomic mass is 19.4. The Hall–Kier alpha value is -5.87. The first-order valence-electron chi connectivity index (χ1n) is 14.4. The fourth-order valence-electron chi connectivity index (χ4n) is 6.61. The first kappa shape index (κ1) is 26.7. The molecule has 0 spiro atoms. The number of aromatic nitrogens is 3. The van der Waals surface area contributed by atoms with Gasteiger partial charge in [0.25, 0.3) is 0 Å². The minimum absolute atomic E-state index is 0.475. The van der Waals surface area contributed by atoms with Gasteiger partial charge in [-0.3, -0.25) is 4.98 Å². The van der Waals surface area contributed by atoms with Crippen LogP contribution in [0.4, 0.5) is 13.2 Å². The van der Waals surface area contributed by atoms with E-state index < -0.39 is 11.7 Å². The van der Waals surface area contributed by atoms with Crippen molar-refractivity contribution in [3.8, 4) is 28.6 Å². The minimum Gasteiger partial charge on any atom is -0.307 e. The van der Waals surface area contributed by atoms with Gasteiger partial charge in [0.2, 0.25) is 0 Å². The van der Waals surface area contributed by atoms with Crippen LogP contribution in [0.5, 0.6) is 0 Å². The predicted octanol–water partition coefficient (Wildman–Crippen LogP) is 10.1. The summed E-state index contributed by atoms with van der Waals surface area (Å²) in [6.45, 7) is 2.06. The van der Waals surface area contributed by atoms with Gasteiger partial charge in [-0.2, -0.15) is 18.4 Å². The summed E-state index contributed by atoms with van der Waals surface area (Å²) in [7, 11) is 0. The van der Waals surface area contributed by atoms with Gasteiger partial charge in [0.15, 0.2) is 0 Å². The lowest BCUT2D eigenvalue weighted by Crippen LogP contribution is -2.06. The smallest absolute Gasteiger partial charge is 0.307 e. The minimum atomic E-state index is -4.48. The lowest BCUT2D eigenvalue weighted by molar-refractivity contribution is -0.137. The van der Waals surface area contributed by atoms with E-state index in [0.717, 1.165) is 50.2 Å². The molecule has 5 aromatic carbocycles. The molecule has 0 aliphatic carbocycles. The zero-order chi connectivity index (χ0) is 30.9. The van der Waals surface area contributed by atoms with E-state index in [1.54, 1.807) is 18.5 Å². The van der Waals surface area contributed by atoms with Gasteiger partial charge >= 0.3 is 6.18 Å². The number of alkyl halides is 3. The number of halogens is 3. The highest BCUT2D eigenvalue weighted by Gasteiger charge is 2.31. The SMILES string of the molecule is Cc1ccc2c(c1)c1ccccc1n2-c1cncc(-n2c3ccccc3c3cc(C(F)(F)F)ccc32)c1-c1ccccc1C#N. The summed E-state index contributed by atoms with van der Waals surface area (Å²) >= 11 is 0. The zero-order valence-corrected chi connectivity index (χ0v) is 24.0. The molecule has 0 saturated carbocycles. The molecule has 0 atom stereocenters. The van der Waals surface area contributed by atoms with Gasteiger partial charge in [-0.15, -0.1) is 0 Å². The molecule has 0 aliphatic heterocycles. The molecule has 0 N–H and O–H groups in total. The summed E-state index contributed by atoms with van der Waals surface area (Å²) < 4.78 is 45.7. The Morgan fingerprint density at radius 3 is 1.78 bits per heavy atom. The summed E-state index contributed by atoms with van der Waals surface area (Å²) in [5, 5.41) is 13.6. The molecule has 7 heteroatoms. The number of para-hydroxylation sites is 2.